The van der Waals surface area contributed by atoms with Crippen molar-refractivity contribution < 1.29 is 0 Å². The lowest BCUT2D eigenvalue weighted by Crippen LogP contribution is -1.79. The summed E-state index contributed by atoms with van der Waals surface area (Å²) in [6.45, 7) is 6.38. The highest BCUT2D eigenvalue weighted by Gasteiger charge is 2.13. The molecule has 1 rings (SSSR count). The standard InChI is InChI=1S/C11H16S/c1-4-6-10-7-8-12-11(10)9(3)5-2/h4-6H,7-8H2,1-3H3/b6-4-,9-5-. The predicted octanol–water partition coefficient (Wildman–Crippen LogP) is 3.92. The van der Waals surface area contributed by atoms with Crippen LogP contribution in [0.3, 0.4) is 0 Å². The molecule has 0 aliphatic carbocycles. The van der Waals surface area contributed by atoms with Crippen molar-refractivity contribution in [1.29, 1.82) is 0 Å². The summed E-state index contributed by atoms with van der Waals surface area (Å²) >= 11 is 1.98. The van der Waals surface area contributed by atoms with Crippen LogP contribution in [0, 0.1) is 0 Å². The van der Waals surface area contributed by atoms with E-state index in [4.69, 9.17) is 0 Å². The lowest BCUT2D eigenvalue weighted by Gasteiger charge is -2.01. The maximum Gasteiger partial charge on any atom is 0.0130 e. The van der Waals surface area contributed by atoms with Gasteiger partial charge < -0.3 is 0 Å². The van der Waals surface area contributed by atoms with Crippen molar-refractivity contribution in [2.45, 2.75) is 27.2 Å². The topological polar surface area (TPSA) is 0 Å². The highest BCUT2D eigenvalue weighted by molar-refractivity contribution is 8.03. The Morgan fingerprint density at radius 1 is 1.42 bits per heavy atom. The summed E-state index contributed by atoms with van der Waals surface area (Å²) in [5, 5.41) is 0. The first kappa shape index (κ1) is 9.66. The largest absolute Gasteiger partial charge is 0.125 e. The second-order valence-corrected chi connectivity index (χ2v) is 4.03. The van der Waals surface area contributed by atoms with Crippen LogP contribution in [-0.4, -0.2) is 5.75 Å². The van der Waals surface area contributed by atoms with E-state index >= 15 is 0 Å². The van der Waals surface area contributed by atoms with E-state index in [1.807, 2.05) is 11.8 Å². The SMILES string of the molecule is C/C=C\C1=C(C(/C)=C\C)SCC1. The number of hydrogen-bond donors (Lipinski definition) is 0. The molecule has 0 saturated heterocycles. The molecule has 0 aromatic rings. The quantitative estimate of drug-likeness (QED) is 0.620. The number of thioether (sulfide) groups is 1. The minimum atomic E-state index is 1.23. The van der Waals surface area contributed by atoms with Crippen LogP contribution in [0.5, 0.6) is 0 Å². The first-order chi connectivity index (χ1) is 5.79. The second kappa shape index (κ2) is 4.56. The van der Waals surface area contributed by atoms with Gasteiger partial charge in [0.2, 0.25) is 0 Å². The summed E-state index contributed by atoms with van der Waals surface area (Å²) in [5.41, 5.74) is 2.93. The van der Waals surface area contributed by atoms with Crippen molar-refractivity contribution in [3.8, 4) is 0 Å². The molecule has 0 bridgehead atoms. The van der Waals surface area contributed by atoms with E-state index in [-0.39, 0.29) is 0 Å². The van der Waals surface area contributed by atoms with Crippen molar-refractivity contribution >= 4 is 11.8 Å². The van der Waals surface area contributed by atoms with E-state index in [0.29, 0.717) is 0 Å². The first-order valence-electron chi connectivity index (χ1n) is 4.41. The number of hydrogen-bond acceptors (Lipinski definition) is 1. The van der Waals surface area contributed by atoms with Gasteiger partial charge in [0, 0.05) is 10.7 Å². The molecule has 1 heteroatoms. The highest BCUT2D eigenvalue weighted by Crippen LogP contribution is 2.36. The third-order valence-electron chi connectivity index (χ3n) is 2.07. The normalized spacial score (nSPS) is 19.8. The van der Waals surface area contributed by atoms with Crippen molar-refractivity contribution in [3.63, 3.8) is 0 Å². The minimum absolute atomic E-state index is 1.23. The Balaban J connectivity index is 2.91. The first-order valence-corrected chi connectivity index (χ1v) is 5.40. The Kier molecular flexibility index (Phi) is 3.67. The van der Waals surface area contributed by atoms with Gasteiger partial charge in [-0.1, -0.05) is 18.2 Å². The van der Waals surface area contributed by atoms with Gasteiger partial charge in [-0.2, -0.15) is 0 Å². The van der Waals surface area contributed by atoms with E-state index in [2.05, 4.69) is 39.0 Å². The Bertz CT molecular complexity index is 244. The molecular formula is C11H16S. The molecule has 0 aromatic heterocycles. The van der Waals surface area contributed by atoms with Gasteiger partial charge in [-0.3, -0.25) is 0 Å². The molecule has 0 fully saturated rings. The lowest BCUT2D eigenvalue weighted by molar-refractivity contribution is 1.18. The molecule has 66 valence electrons. The van der Waals surface area contributed by atoms with Crippen LogP contribution in [0.1, 0.15) is 27.2 Å². The van der Waals surface area contributed by atoms with Crippen LogP contribution in [0.2, 0.25) is 0 Å². The van der Waals surface area contributed by atoms with Gasteiger partial charge in [-0.05, 0) is 38.3 Å². The van der Waals surface area contributed by atoms with Gasteiger partial charge in [0.05, 0.1) is 0 Å². The van der Waals surface area contributed by atoms with Crippen molar-refractivity contribution in [2.24, 2.45) is 0 Å². The minimum Gasteiger partial charge on any atom is -0.125 e. The molecule has 0 unspecified atom stereocenters. The number of rotatable bonds is 2. The van der Waals surface area contributed by atoms with Gasteiger partial charge in [0.1, 0.15) is 0 Å². The molecule has 0 saturated carbocycles. The Morgan fingerprint density at radius 3 is 2.75 bits per heavy atom. The molecule has 0 amide bonds. The van der Waals surface area contributed by atoms with Gasteiger partial charge in [-0.15, -0.1) is 11.8 Å². The molecule has 1 heterocycles. The monoisotopic (exact) mass is 180 g/mol. The molecule has 1 aliphatic heterocycles. The van der Waals surface area contributed by atoms with Crippen LogP contribution in [0.4, 0.5) is 0 Å². The van der Waals surface area contributed by atoms with Gasteiger partial charge in [0.15, 0.2) is 0 Å². The smallest absolute Gasteiger partial charge is 0.0130 e. The van der Waals surface area contributed by atoms with Crippen molar-refractivity contribution in [1.82, 2.24) is 0 Å². The summed E-state index contributed by atoms with van der Waals surface area (Å²) in [5.74, 6) is 1.25. The van der Waals surface area contributed by atoms with Crippen LogP contribution < -0.4 is 0 Å². The van der Waals surface area contributed by atoms with Crippen LogP contribution in [0.25, 0.3) is 0 Å². The Morgan fingerprint density at radius 2 is 2.17 bits per heavy atom. The van der Waals surface area contributed by atoms with Crippen molar-refractivity contribution in [2.75, 3.05) is 5.75 Å². The molecule has 12 heavy (non-hydrogen) atoms. The number of allylic oxidation sites excluding steroid dienone is 5. The molecule has 0 aromatic carbocycles. The van der Waals surface area contributed by atoms with E-state index in [9.17, 15) is 0 Å². The fraction of sp³-hybridized carbons (Fsp3) is 0.455. The summed E-state index contributed by atoms with van der Waals surface area (Å²) in [6, 6.07) is 0. The van der Waals surface area contributed by atoms with Gasteiger partial charge in [0.25, 0.3) is 0 Å². The summed E-state index contributed by atoms with van der Waals surface area (Å²) in [6.07, 6.45) is 7.79. The zero-order valence-electron chi connectivity index (χ0n) is 8.05. The predicted molar refractivity (Wildman–Crippen MR) is 58.3 cm³/mol. The molecule has 0 nitrogen and oxygen atoms in total. The Labute approximate surface area is 79.4 Å². The molecule has 0 radical (unpaired) electrons. The fourth-order valence-corrected chi connectivity index (χ4v) is 2.55. The fourth-order valence-electron chi connectivity index (χ4n) is 1.33. The van der Waals surface area contributed by atoms with Crippen LogP contribution >= 0.6 is 11.8 Å². The van der Waals surface area contributed by atoms with E-state index in [1.54, 1.807) is 0 Å². The zero-order chi connectivity index (χ0) is 8.97. The van der Waals surface area contributed by atoms with Gasteiger partial charge >= 0.3 is 0 Å². The molecule has 0 atom stereocenters. The Hall–Kier alpha value is -0.430. The average Bonchev–Trinajstić information content (AvgIpc) is 2.52. The molecular weight excluding hydrogens is 164 g/mol. The van der Waals surface area contributed by atoms with E-state index in [1.165, 1.54) is 28.2 Å². The highest BCUT2D eigenvalue weighted by atomic mass is 32.2. The van der Waals surface area contributed by atoms with Gasteiger partial charge in [-0.25, -0.2) is 0 Å². The lowest BCUT2D eigenvalue weighted by atomic mass is 10.1. The van der Waals surface area contributed by atoms with E-state index in [0.717, 1.165) is 0 Å². The second-order valence-electron chi connectivity index (χ2n) is 2.92. The molecule has 0 spiro atoms. The zero-order valence-corrected chi connectivity index (χ0v) is 8.87. The third kappa shape index (κ3) is 2.04. The summed E-state index contributed by atoms with van der Waals surface area (Å²) < 4.78 is 0. The van der Waals surface area contributed by atoms with Crippen LogP contribution in [0.15, 0.2) is 34.3 Å². The summed E-state index contributed by atoms with van der Waals surface area (Å²) in [4.78, 5) is 1.50. The molecule has 1 aliphatic rings. The third-order valence-corrected chi connectivity index (χ3v) is 3.35. The van der Waals surface area contributed by atoms with Crippen molar-refractivity contribution in [3.05, 3.63) is 34.3 Å². The summed E-state index contributed by atoms with van der Waals surface area (Å²) in [7, 11) is 0. The average molecular weight is 180 g/mol. The van der Waals surface area contributed by atoms with E-state index < -0.39 is 0 Å². The maximum absolute atomic E-state index is 2.24. The van der Waals surface area contributed by atoms with Crippen LogP contribution in [-0.2, 0) is 0 Å². The molecule has 0 N–H and O–H groups in total. The maximum atomic E-state index is 2.24.